The topological polar surface area (TPSA) is 41.1 Å². The van der Waals surface area contributed by atoms with Crippen LogP contribution in [0.15, 0.2) is 6.20 Å². The summed E-state index contributed by atoms with van der Waals surface area (Å²) in [7, 11) is 1.88. The molecule has 1 unspecified atom stereocenters. The lowest BCUT2D eigenvalue weighted by Crippen LogP contribution is -2.34. The van der Waals surface area contributed by atoms with E-state index >= 15 is 0 Å². The molecule has 0 aliphatic heterocycles. The van der Waals surface area contributed by atoms with Gasteiger partial charge >= 0.3 is 0 Å². The van der Waals surface area contributed by atoms with Gasteiger partial charge in [0.1, 0.15) is 0 Å². The molecule has 4 nitrogen and oxygen atoms in total. The van der Waals surface area contributed by atoms with E-state index in [2.05, 4.69) is 28.5 Å². The number of nitrogens with zero attached hydrogens (tertiary/aromatic N) is 3. The lowest BCUT2D eigenvalue weighted by Gasteiger charge is -2.28. The van der Waals surface area contributed by atoms with Crippen LogP contribution in [0, 0.1) is 5.82 Å². The zero-order valence-electron chi connectivity index (χ0n) is 11.4. The van der Waals surface area contributed by atoms with Crippen LogP contribution in [-0.2, 0) is 0 Å². The van der Waals surface area contributed by atoms with Crippen LogP contribution < -0.4 is 10.2 Å². The quantitative estimate of drug-likeness (QED) is 0.826. The Labute approximate surface area is 112 Å². The molecule has 0 radical (unpaired) electrons. The Morgan fingerprint density at radius 1 is 1.50 bits per heavy atom. The molecule has 0 fully saturated rings. The Balaban J connectivity index is 2.94. The summed E-state index contributed by atoms with van der Waals surface area (Å²) in [6.07, 6.45) is 4.23. The number of nitrogens with one attached hydrogen (secondary N) is 1. The Hall–Kier alpha value is -1.04. The number of thioether (sulfide) groups is 1. The van der Waals surface area contributed by atoms with Crippen molar-refractivity contribution in [1.82, 2.24) is 9.97 Å². The second kappa shape index (κ2) is 7.41. The van der Waals surface area contributed by atoms with Gasteiger partial charge in [0.2, 0.25) is 5.95 Å². The van der Waals surface area contributed by atoms with Gasteiger partial charge in [0.05, 0.1) is 6.20 Å². The molecule has 1 atom stereocenters. The lowest BCUT2D eigenvalue weighted by atomic mass is 10.2. The summed E-state index contributed by atoms with van der Waals surface area (Å²) in [5, 5.41) is 3.00. The van der Waals surface area contributed by atoms with Gasteiger partial charge in [-0.2, -0.15) is 16.7 Å². The molecule has 6 heteroatoms. The van der Waals surface area contributed by atoms with Gasteiger partial charge in [-0.05, 0) is 19.6 Å². The Morgan fingerprint density at radius 2 is 2.22 bits per heavy atom. The molecule has 0 saturated heterocycles. The highest BCUT2D eigenvalue weighted by atomic mass is 32.2. The summed E-state index contributed by atoms with van der Waals surface area (Å²) in [6.45, 7) is 4.77. The number of hydrogen-bond donors (Lipinski definition) is 1. The SMILES string of the molecule is CCNc1ncc(F)c(N(C)C(CC)CSC)n1. The highest BCUT2D eigenvalue weighted by Gasteiger charge is 2.18. The molecule has 1 aromatic rings. The zero-order valence-corrected chi connectivity index (χ0v) is 12.2. The Kier molecular flexibility index (Phi) is 6.18. The molecule has 0 aliphatic carbocycles. The Morgan fingerprint density at radius 3 is 2.78 bits per heavy atom. The van der Waals surface area contributed by atoms with Crippen molar-refractivity contribution in [2.24, 2.45) is 0 Å². The maximum absolute atomic E-state index is 13.8. The summed E-state index contributed by atoms with van der Waals surface area (Å²) in [5.41, 5.74) is 0. The average molecular weight is 272 g/mol. The smallest absolute Gasteiger partial charge is 0.224 e. The maximum Gasteiger partial charge on any atom is 0.224 e. The first kappa shape index (κ1) is 15.0. The first-order chi connectivity index (χ1) is 8.63. The zero-order chi connectivity index (χ0) is 13.5. The fourth-order valence-electron chi connectivity index (χ4n) is 1.72. The predicted octanol–water partition coefficient (Wildman–Crippen LogP) is 2.63. The van der Waals surface area contributed by atoms with E-state index in [0.29, 0.717) is 11.8 Å². The minimum Gasteiger partial charge on any atom is -0.354 e. The molecule has 102 valence electrons. The van der Waals surface area contributed by atoms with Crippen LogP contribution in [0.4, 0.5) is 16.2 Å². The fraction of sp³-hybridized carbons (Fsp3) is 0.667. The first-order valence-corrected chi connectivity index (χ1v) is 7.51. The van der Waals surface area contributed by atoms with E-state index in [1.54, 1.807) is 11.8 Å². The summed E-state index contributed by atoms with van der Waals surface area (Å²) in [5.74, 6) is 1.41. The van der Waals surface area contributed by atoms with Crippen molar-refractivity contribution < 1.29 is 4.39 Å². The molecule has 1 rings (SSSR count). The standard InChI is InChI=1S/C12H21FN4S/c1-5-9(8-18-4)17(3)11-10(13)7-15-12(16-11)14-6-2/h7,9H,5-6,8H2,1-4H3,(H,14,15,16). The van der Waals surface area contributed by atoms with Gasteiger partial charge < -0.3 is 10.2 Å². The molecule has 1 heterocycles. The van der Waals surface area contributed by atoms with E-state index in [1.165, 1.54) is 6.20 Å². The summed E-state index contributed by atoms with van der Waals surface area (Å²) in [6, 6.07) is 0.277. The largest absolute Gasteiger partial charge is 0.354 e. The highest BCUT2D eigenvalue weighted by molar-refractivity contribution is 7.98. The molecule has 0 aromatic carbocycles. The third-order valence-electron chi connectivity index (χ3n) is 2.77. The molecule has 1 aromatic heterocycles. The van der Waals surface area contributed by atoms with Gasteiger partial charge in [-0.1, -0.05) is 6.92 Å². The molecule has 0 saturated carbocycles. The van der Waals surface area contributed by atoms with Gasteiger partial charge in [-0.3, -0.25) is 0 Å². The second-order valence-electron chi connectivity index (χ2n) is 4.02. The number of rotatable bonds is 7. The van der Waals surface area contributed by atoms with Gasteiger partial charge in [-0.25, -0.2) is 9.37 Å². The van der Waals surface area contributed by atoms with Crippen LogP contribution in [0.5, 0.6) is 0 Å². The molecular weight excluding hydrogens is 251 g/mol. The van der Waals surface area contributed by atoms with Crippen LogP contribution in [0.1, 0.15) is 20.3 Å². The minimum atomic E-state index is -0.376. The van der Waals surface area contributed by atoms with Gasteiger partial charge in [0.25, 0.3) is 0 Å². The second-order valence-corrected chi connectivity index (χ2v) is 4.93. The number of aromatic nitrogens is 2. The van der Waals surface area contributed by atoms with Crippen molar-refractivity contribution in [1.29, 1.82) is 0 Å². The van der Waals surface area contributed by atoms with Crippen molar-refractivity contribution in [2.45, 2.75) is 26.3 Å². The van der Waals surface area contributed by atoms with Crippen LogP contribution in [-0.4, -0.2) is 41.6 Å². The molecule has 18 heavy (non-hydrogen) atoms. The molecule has 0 bridgehead atoms. The van der Waals surface area contributed by atoms with E-state index in [-0.39, 0.29) is 11.9 Å². The fourth-order valence-corrected chi connectivity index (χ4v) is 2.56. The molecule has 0 spiro atoms. The van der Waals surface area contributed by atoms with E-state index in [0.717, 1.165) is 18.7 Å². The lowest BCUT2D eigenvalue weighted by molar-refractivity contribution is 0.587. The number of halogens is 1. The normalized spacial score (nSPS) is 12.3. The van der Waals surface area contributed by atoms with Crippen LogP contribution >= 0.6 is 11.8 Å². The summed E-state index contributed by atoms with van der Waals surface area (Å²) in [4.78, 5) is 10.0. The van der Waals surface area contributed by atoms with Crippen molar-refractivity contribution in [3.8, 4) is 0 Å². The molecule has 1 N–H and O–H groups in total. The van der Waals surface area contributed by atoms with Gasteiger partial charge in [0.15, 0.2) is 11.6 Å². The molecule has 0 amide bonds. The Bertz CT molecular complexity index is 375. The number of hydrogen-bond acceptors (Lipinski definition) is 5. The predicted molar refractivity (Wildman–Crippen MR) is 77.0 cm³/mol. The van der Waals surface area contributed by atoms with Crippen LogP contribution in [0.2, 0.25) is 0 Å². The summed E-state index contributed by atoms with van der Waals surface area (Å²) >= 11 is 1.75. The van der Waals surface area contributed by atoms with Crippen molar-refractivity contribution in [3.63, 3.8) is 0 Å². The number of anilines is 2. The average Bonchev–Trinajstić information content (AvgIpc) is 2.37. The van der Waals surface area contributed by atoms with E-state index < -0.39 is 0 Å². The molecule has 0 aliphatic rings. The van der Waals surface area contributed by atoms with E-state index in [4.69, 9.17) is 0 Å². The van der Waals surface area contributed by atoms with Crippen molar-refractivity contribution >= 4 is 23.5 Å². The third kappa shape index (κ3) is 3.73. The minimum absolute atomic E-state index is 0.277. The van der Waals surface area contributed by atoms with Crippen molar-refractivity contribution in [3.05, 3.63) is 12.0 Å². The summed E-state index contributed by atoms with van der Waals surface area (Å²) < 4.78 is 13.8. The highest BCUT2D eigenvalue weighted by Crippen LogP contribution is 2.20. The van der Waals surface area contributed by atoms with Crippen LogP contribution in [0.25, 0.3) is 0 Å². The first-order valence-electron chi connectivity index (χ1n) is 6.12. The van der Waals surface area contributed by atoms with Gasteiger partial charge in [0, 0.05) is 25.4 Å². The van der Waals surface area contributed by atoms with Gasteiger partial charge in [-0.15, -0.1) is 0 Å². The third-order valence-corrected chi connectivity index (χ3v) is 3.49. The van der Waals surface area contributed by atoms with E-state index in [1.807, 2.05) is 18.9 Å². The molecular formula is C12H21FN4S. The van der Waals surface area contributed by atoms with Crippen LogP contribution in [0.3, 0.4) is 0 Å². The van der Waals surface area contributed by atoms with Crippen molar-refractivity contribution in [2.75, 3.05) is 35.8 Å². The van der Waals surface area contributed by atoms with E-state index in [9.17, 15) is 4.39 Å². The maximum atomic E-state index is 13.8. The monoisotopic (exact) mass is 272 g/mol.